The molecule has 2 fully saturated rings. The number of carbonyl (C=O) groups is 1. The maximum Gasteiger partial charge on any atom is 0.244 e. The molecular formula is C19H29N3O2. The zero-order valence-corrected chi connectivity index (χ0v) is 14.8. The molecule has 0 radical (unpaired) electrons. The van der Waals surface area contributed by atoms with Crippen molar-refractivity contribution < 1.29 is 9.53 Å². The average Bonchev–Trinajstić information content (AvgIpc) is 2.63. The summed E-state index contributed by atoms with van der Waals surface area (Å²) < 4.78 is 5.41. The minimum Gasteiger partial charge on any atom is -0.378 e. The summed E-state index contributed by atoms with van der Waals surface area (Å²) in [4.78, 5) is 17.0. The first-order valence-electron chi connectivity index (χ1n) is 9.11. The molecule has 1 N–H and O–H groups in total. The second kappa shape index (κ2) is 7.88. The molecular weight excluding hydrogens is 302 g/mol. The van der Waals surface area contributed by atoms with Crippen LogP contribution in [0.4, 0.5) is 11.4 Å². The molecule has 2 heterocycles. The van der Waals surface area contributed by atoms with Crippen molar-refractivity contribution in [1.82, 2.24) is 4.90 Å². The summed E-state index contributed by atoms with van der Waals surface area (Å²) in [6.07, 6.45) is 2.23. The molecule has 2 aliphatic heterocycles. The van der Waals surface area contributed by atoms with Gasteiger partial charge in [0.2, 0.25) is 5.91 Å². The Morgan fingerprint density at radius 2 is 1.92 bits per heavy atom. The van der Waals surface area contributed by atoms with E-state index >= 15 is 0 Å². The molecule has 5 heteroatoms. The largest absolute Gasteiger partial charge is 0.378 e. The predicted molar refractivity (Wildman–Crippen MR) is 97.5 cm³/mol. The summed E-state index contributed by atoms with van der Waals surface area (Å²) in [5.74, 6) is 0.946. The quantitative estimate of drug-likeness (QED) is 0.921. The number of amides is 1. The minimum atomic E-state index is -0.196. The van der Waals surface area contributed by atoms with Crippen LogP contribution < -0.4 is 10.2 Å². The van der Waals surface area contributed by atoms with Crippen molar-refractivity contribution in [3.05, 3.63) is 24.3 Å². The highest BCUT2D eigenvalue weighted by atomic mass is 16.5. The van der Waals surface area contributed by atoms with Crippen LogP contribution in [0.1, 0.15) is 26.7 Å². The van der Waals surface area contributed by atoms with Crippen molar-refractivity contribution in [2.24, 2.45) is 5.92 Å². The van der Waals surface area contributed by atoms with Gasteiger partial charge in [0.15, 0.2) is 0 Å². The number of anilines is 2. The van der Waals surface area contributed by atoms with Crippen LogP contribution in [0.5, 0.6) is 0 Å². The van der Waals surface area contributed by atoms with Crippen LogP contribution in [0.15, 0.2) is 24.3 Å². The minimum absolute atomic E-state index is 0.196. The Morgan fingerprint density at radius 3 is 2.62 bits per heavy atom. The van der Waals surface area contributed by atoms with Gasteiger partial charge >= 0.3 is 0 Å². The molecule has 1 atom stereocenters. The number of morpholine rings is 1. The Balaban J connectivity index is 1.59. The first kappa shape index (κ1) is 17.1. The van der Waals surface area contributed by atoms with E-state index in [0.717, 1.165) is 63.8 Å². The Hall–Kier alpha value is -1.75. The molecule has 0 aromatic heterocycles. The van der Waals surface area contributed by atoms with E-state index in [-0.39, 0.29) is 11.9 Å². The molecule has 0 saturated carbocycles. The van der Waals surface area contributed by atoms with Crippen LogP contribution in [-0.2, 0) is 9.53 Å². The van der Waals surface area contributed by atoms with Gasteiger partial charge in [0.1, 0.15) is 6.04 Å². The molecule has 0 aliphatic carbocycles. The summed E-state index contributed by atoms with van der Waals surface area (Å²) in [7, 11) is 0. The maximum absolute atomic E-state index is 12.6. The number of nitrogens with one attached hydrogen (secondary N) is 1. The zero-order chi connectivity index (χ0) is 16.9. The fourth-order valence-electron chi connectivity index (χ4n) is 3.43. The van der Waals surface area contributed by atoms with Crippen LogP contribution in [0.25, 0.3) is 0 Å². The van der Waals surface area contributed by atoms with Crippen molar-refractivity contribution in [2.45, 2.75) is 32.7 Å². The van der Waals surface area contributed by atoms with E-state index in [9.17, 15) is 4.79 Å². The zero-order valence-electron chi connectivity index (χ0n) is 14.8. The molecule has 3 rings (SSSR count). The Bertz CT molecular complexity index is 549. The molecule has 1 unspecified atom stereocenters. The van der Waals surface area contributed by atoms with Crippen LogP contribution in [0, 0.1) is 5.92 Å². The fourth-order valence-corrected chi connectivity index (χ4v) is 3.43. The van der Waals surface area contributed by atoms with E-state index in [2.05, 4.69) is 29.3 Å². The number of rotatable bonds is 4. The van der Waals surface area contributed by atoms with Gasteiger partial charge in [-0.25, -0.2) is 0 Å². The topological polar surface area (TPSA) is 44.8 Å². The summed E-state index contributed by atoms with van der Waals surface area (Å²) in [5.41, 5.74) is 2.19. The van der Waals surface area contributed by atoms with Crippen LogP contribution in [0.2, 0.25) is 0 Å². The number of ether oxygens (including phenoxy) is 1. The normalized spacial score (nSPS) is 20.8. The molecule has 1 amide bonds. The maximum atomic E-state index is 12.6. The Kier molecular flexibility index (Phi) is 5.61. The molecule has 1 aromatic carbocycles. The Morgan fingerprint density at radius 1 is 1.21 bits per heavy atom. The second-order valence-corrected chi connectivity index (χ2v) is 7.02. The van der Waals surface area contributed by atoms with Gasteiger partial charge in [0, 0.05) is 37.6 Å². The lowest BCUT2D eigenvalue weighted by Crippen LogP contribution is -2.45. The van der Waals surface area contributed by atoms with E-state index in [0.29, 0.717) is 0 Å². The standard InChI is InChI=1S/C19H29N3O2/c1-15-6-8-22(9-7-15)19(23)16(2)20-17-4-3-5-18(14-17)21-10-12-24-13-11-21/h3-5,14-16,20H,6-13H2,1-2H3. The van der Waals surface area contributed by atoms with Crippen molar-refractivity contribution in [1.29, 1.82) is 0 Å². The lowest BCUT2D eigenvalue weighted by atomic mass is 9.99. The molecule has 1 aromatic rings. The number of hydrogen-bond donors (Lipinski definition) is 1. The molecule has 2 aliphatic rings. The lowest BCUT2D eigenvalue weighted by Gasteiger charge is -2.33. The summed E-state index contributed by atoms with van der Waals surface area (Å²) in [6.45, 7) is 9.40. The summed E-state index contributed by atoms with van der Waals surface area (Å²) in [6, 6.07) is 8.14. The van der Waals surface area contributed by atoms with Crippen LogP contribution in [0.3, 0.4) is 0 Å². The first-order chi connectivity index (χ1) is 11.6. The third-order valence-corrected chi connectivity index (χ3v) is 5.07. The number of hydrogen-bond acceptors (Lipinski definition) is 4. The lowest BCUT2D eigenvalue weighted by molar-refractivity contribution is -0.132. The van der Waals surface area contributed by atoms with Crippen molar-refractivity contribution in [3.8, 4) is 0 Å². The summed E-state index contributed by atoms with van der Waals surface area (Å²) in [5, 5.41) is 3.38. The van der Waals surface area contributed by atoms with Crippen molar-refractivity contribution in [3.63, 3.8) is 0 Å². The molecule has 0 bridgehead atoms. The van der Waals surface area contributed by atoms with Gasteiger partial charge in [-0.05, 0) is 43.9 Å². The van der Waals surface area contributed by atoms with Gasteiger partial charge in [-0.1, -0.05) is 13.0 Å². The fraction of sp³-hybridized carbons (Fsp3) is 0.632. The van der Waals surface area contributed by atoms with Gasteiger partial charge in [0.05, 0.1) is 13.2 Å². The third kappa shape index (κ3) is 4.20. The van der Waals surface area contributed by atoms with Gasteiger partial charge in [-0.3, -0.25) is 4.79 Å². The van der Waals surface area contributed by atoms with Gasteiger partial charge in [-0.2, -0.15) is 0 Å². The second-order valence-electron chi connectivity index (χ2n) is 7.02. The van der Waals surface area contributed by atoms with Crippen molar-refractivity contribution >= 4 is 17.3 Å². The van der Waals surface area contributed by atoms with E-state index in [1.807, 2.05) is 24.0 Å². The monoisotopic (exact) mass is 331 g/mol. The number of carbonyl (C=O) groups excluding carboxylic acids is 1. The third-order valence-electron chi connectivity index (χ3n) is 5.07. The Labute approximate surface area is 145 Å². The number of piperidine rings is 1. The van der Waals surface area contributed by atoms with Gasteiger partial charge in [-0.15, -0.1) is 0 Å². The van der Waals surface area contributed by atoms with Gasteiger partial charge < -0.3 is 19.9 Å². The van der Waals surface area contributed by atoms with Crippen molar-refractivity contribution in [2.75, 3.05) is 49.6 Å². The number of likely N-dealkylation sites (tertiary alicyclic amines) is 1. The van der Waals surface area contributed by atoms with E-state index < -0.39 is 0 Å². The molecule has 132 valence electrons. The van der Waals surface area contributed by atoms with E-state index in [4.69, 9.17) is 4.74 Å². The SMILES string of the molecule is CC1CCN(C(=O)C(C)Nc2cccc(N3CCOCC3)c2)CC1. The number of nitrogens with zero attached hydrogens (tertiary/aromatic N) is 2. The predicted octanol–water partition coefficient (Wildman–Crippen LogP) is 2.58. The molecule has 0 spiro atoms. The number of benzene rings is 1. The summed E-state index contributed by atoms with van der Waals surface area (Å²) >= 11 is 0. The van der Waals surface area contributed by atoms with Crippen LogP contribution >= 0.6 is 0 Å². The molecule has 24 heavy (non-hydrogen) atoms. The highest BCUT2D eigenvalue weighted by Gasteiger charge is 2.24. The highest BCUT2D eigenvalue weighted by Crippen LogP contribution is 2.22. The molecule has 2 saturated heterocycles. The highest BCUT2D eigenvalue weighted by molar-refractivity contribution is 5.84. The smallest absolute Gasteiger partial charge is 0.244 e. The average molecular weight is 331 g/mol. The van der Waals surface area contributed by atoms with E-state index in [1.165, 1.54) is 5.69 Å². The van der Waals surface area contributed by atoms with E-state index in [1.54, 1.807) is 0 Å². The van der Waals surface area contributed by atoms with Gasteiger partial charge in [0.25, 0.3) is 0 Å². The molecule has 5 nitrogen and oxygen atoms in total. The van der Waals surface area contributed by atoms with Crippen LogP contribution in [-0.4, -0.2) is 56.2 Å². The first-order valence-corrected chi connectivity index (χ1v) is 9.11.